The van der Waals surface area contributed by atoms with Crippen LogP contribution < -0.4 is 0 Å². The maximum Gasteiger partial charge on any atom is -0.0231 e. The first-order valence-electron chi connectivity index (χ1n) is 4.19. The molecule has 0 aromatic rings. The van der Waals surface area contributed by atoms with E-state index in [0.717, 1.165) is 12.8 Å². The van der Waals surface area contributed by atoms with Crippen LogP contribution in [0, 0.1) is 0 Å². The lowest BCUT2D eigenvalue weighted by Crippen LogP contribution is -1.89. The summed E-state index contributed by atoms with van der Waals surface area (Å²) in [6.45, 7) is 7.45. The summed E-state index contributed by atoms with van der Waals surface area (Å²) in [5.41, 5.74) is 2.54. The van der Waals surface area contributed by atoms with Gasteiger partial charge in [0.1, 0.15) is 0 Å². The van der Waals surface area contributed by atoms with Crippen molar-refractivity contribution >= 4 is 0 Å². The zero-order valence-electron chi connectivity index (χ0n) is 7.29. The predicted octanol–water partition coefficient (Wildman–Crippen LogP) is 3.56. The molecule has 0 atom stereocenters. The fourth-order valence-electron chi connectivity index (χ4n) is 1.28. The topological polar surface area (TPSA) is 0 Å². The molecule has 0 N–H and O–H groups in total. The van der Waals surface area contributed by atoms with Gasteiger partial charge in [0.2, 0.25) is 0 Å². The van der Waals surface area contributed by atoms with Crippen LogP contribution in [0.5, 0.6) is 0 Å². The van der Waals surface area contributed by atoms with Gasteiger partial charge in [-0.05, 0) is 24.0 Å². The predicted molar refractivity (Wildman–Crippen MR) is 54.9 cm³/mol. The molecule has 0 saturated heterocycles. The maximum absolute atomic E-state index is 3.77. The molecule has 62 valence electrons. The molecule has 1 aliphatic rings. The molecule has 0 aliphatic heterocycles. The zero-order chi connectivity index (χ0) is 8.81. The highest BCUT2D eigenvalue weighted by molar-refractivity contribution is 5.43. The lowest BCUT2D eigenvalue weighted by atomic mass is 9.97. The van der Waals surface area contributed by atoms with Crippen LogP contribution >= 0.6 is 0 Å². The Morgan fingerprint density at radius 3 is 2.75 bits per heavy atom. The number of hydrogen-bond acceptors (Lipinski definition) is 0. The molecule has 12 heavy (non-hydrogen) atoms. The maximum atomic E-state index is 3.77. The summed E-state index contributed by atoms with van der Waals surface area (Å²) >= 11 is 0. The van der Waals surface area contributed by atoms with Crippen molar-refractivity contribution in [2.24, 2.45) is 0 Å². The SMILES string of the molecule is C=C/C=C(\C=C)C1=CC=CCC1. The third-order valence-electron chi connectivity index (χ3n) is 1.90. The van der Waals surface area contributed by atoms with Gasteiger partial charge >= 0.3 is 0 Å². The summed E-state index contributed by atoms with van der Waals surface area (Å²) in [6.07, 6.45) is 14.3. The minimum Gasteiger partial charge on any atom is -0.0990 e. The highest BCUT2D eigenvalue weighted by Gasteiger charge is 2.01. The summed E-state index contributed by atoms with van der Waals surface area (Å²) in [5, 5.41) is 0. The second-order valence-corrected chi connectivity index (χ2v) is 2.72. The minimum absolute atomic E-state index is 1.11. The molecule has 0 heterocycles. The molecule has 0 nitrogen and oxygen atoms in total. The quantitative estimate of drug-likeness (QED) is 0.551. The third kappa shape index (κ3) is 2.09. The Kier molecular flexibility index (Phi) is 3.34. The second-order valence-electron chi connectivity index (χ2n) is 2.72. The van der Waals surface area contributed by atoms with Crippen LogP contribution in [-0.4, -0.2) is 0 Å². The van der Waals surface area contributed by atoms with Crippen molar-refractivity contribution in [3.8, 4) is 0 Å². The summed E-state index contributed by atoms with van der Waals surface area (Å²) in [7, 11) is 0. The van der Waals surface area contributed by atoms with Crippen LogP contribution in [0.1, 0.15) is 12.8 Å². The van der Waals surface area contributed by atoms with Crippen LogP contribution in [0.15, 0.2) is 60.8 Å². The zero-order valence-corrected chi connectivity index (χ0v) is 7.29. The fraction of sp³-hybridized carbons (Fsp3) is 0.167. The van der Waals surface area contributed by atoms with E-state index in [-0.39, 0.29) is 0 Å². The van der Waals surface area contributed by atoms with Crippen LogP contribution in [0.4, 0.5) is 0 Å². The van der Waals surface area contributed by atoms with Gasteiger partial charge in [-0.1, -0.05) is 49.6 Å². The van der Waals surface area contributed by atoms with Gasteiger partial charge in [-0.25, -0.2) is 0 Å². The summed E-state index contributed by atoms with van der Waals surface area (Å²) in [4.78, 5) is 0. The van der Waals surface area contributed by atoms with Crippen LogP contribution in [0.3, 0.4) is 0 Å². The van der Waals surface area contributed by atoms with E-state index < -0.39 is 0 Å². The third-order valence-corrected chi connectivity index (χ3v) is 1.90. The first kappa shape index (κ1) is 8.79. The Bertz CT molecular complexity index is 262. The first-order valence-corrected chi connectivity index (χ1v) is 4.19. The number of rotatable bonds is 3. The Balaban J connectivity index is 2.84. The van der Waals surface area contributed by atoms with Crippen molar-refractivity contribution < 1.29 is 0 Å². The van der Waals surface area contributed by atoms with Crippen LogP contribution in [-0.2, 0) is 0 Å². The normalized spacial score (nSPS) is 17.0. The smallest absolute Gasteiger partial charge is 0.0231 e. The van der Waals surface area contributed by atoms with Crippen LogP contribution in [0.2, 0.25) is 0 Å². The Hall–Kier alpha value is -1.30. The largest absolute Gasteiger partial charge is 0.0990 e. The molecule has 0 aromatic heterocycles. The molecular weight excluding hydrogens is 144 g/mol. The molecule has 0 spiro atoms. The van der Waals surface area contributed by atoms with Crippen LogP contribution in [0.25, 0.3) is 0 Å². The Morgan fingerprint density at radius 1 is 1.42 bits per heavy atom. The summed E-state index contributed by atoms with van der Waals surface area (Å²) < 4.78 is 0. The molecular formula is C12H14. The lowest BCUT2D eigenvalue weighted by Gasteiger charge is -2.08. The molecule has 0 radical (unpaired) electrons. The fourth-order valence-corrected chi connectivity index (χ4v) is 1.28. The lowest BCUT2D eigenvalue weighted by molar-refractivity contribution is 0.978. The van der Waals surface area contributed by atoms with E-state index in [1.165, 1.54) is 11.1 Å². The van der Waals surface area contributed by atoms with Gasteiger partial charge in [-0.2, -0.15) is 0 Å². The van der Waals surface area contributed by atoms with E-state index in [2.05, 4.69) is 31.4 Å². The van der Waals surface area contributed by atoms with Gasteiger partial charge < -0.3 is 0 Å². The first-order chi connectivity index (χ1) is 5.88. The molecule has 1 rings (SSSR count). The van der Waals surface area contributed by atoms with Gasteiger partial charge in [0.15, 0.2) is 0 Å². The summed E-state index contributed by atoms with van der Waals surface area (Å²) in [6, 6.07) is 0. The standard InChI is InChI=1S/C12H14/c1-3-8-11(4-2)12-9-6-5-7-10-12/h3-6,8-9H,1-2,7,10H2/b11-8+. The van der Waals surface area contributed by atoms with E-state index in [1.54, 1.807) is 6.08 Å². The second kappa shape index (κ2) is 4.55. The monoisotopic (exact) mass is 158 g/mol. The highest BCUT2D eigenvalue weighted by Crippen LogP contribution is 2.20. The van der Waals surface area contributed by atoms with Crippen molar-refractivity contribution in [3.05, 3.63) is 60.8 Å². The van der Waals surface area contributed by atoms with E-state index in [1.807, 2.05) is 12.2 Å². The Labute approximate surface area is 74.3 Å². The van der Waals surface area contributed by atoms with E-state index in [4.69, 9.17) is 0 Å². The van der Waals surface area contributed by atoms with Gasteiger partial charge in [-0.15, -0.1) is 0 Å². The minimum atomic E-state index is 1.11. The molecule has 1 aliphatic carbocycles. The van der Waals surface area contributed by atoms with Crippen molar-refractivity contribution in [3.63, 3.8) is 0 Å². The van der Waals surface area contributed by atoms with Gasteiger partial charge in [0.05, 0.1) is 0 Å². The molecule has 0 heteroatoms. The molecule has 0 saturated carbocycles. The van der Waals surface area contributed by atoms with E-state index in [9.17, 15) is 0 Å². The van der Waals surface area contributed by atoms with E-state index >= 15 is 0 Å². The van der Waals surface area contributed by atoms with E-state index in [0.29, 0.717) is 0 Å². The Morgan fingerprint density at radius 2 is 2.25 bits per heavy atom. The molecule has 0 amide bonds. The molecule has 0 bridgehead atoms. The van der Waals surface area contributed by atoms with Crippen molar-refractivity contribution in [2.45, 2.75) is 12.8 Å². The number of hydrogen-bond donors (Lipinski definition) is 0. The van der Waals surface area contributed by atoms with Crippen molar-refractivity contribution in [2.75, 3.05) is 0 Å². The molecule has 0 aromatic carbocycles. The molecule has 0 unspecified atom stereocenters. The average Bonchev–Trinajstić information content (AvgIpc) is 2.15. The van der Waals surface area contributed by atoms with Gasteiger partial charge in [-0.3, -0.25) is 0 Å². The van der Waals surface area contributed by atoms with Crippen molar-refractivity contribution in [1.82, 2.24) is 0 Å². The average molecular weight is 158 g/mol. The molecule has 0 fully saturated rings. The number of allylic oxidation sites excluding steroid dienone is 8. The van der Waals surface area contributed by atoms with Crippen molar-refractivity contribution in [1.29, 1.82) is 0 Å². The van der Waals surface area contributed by atoms with Gasteiger partial charge in [0.25, 0.3) is 0 Å². The highest BCUT2D eigenvalue weighted by atomic mass is 14.1. The van der Waals surface area contributed by atoms with Gasteiger partial charge in [0, 0.05) is 0 Å². The summed E-state index contributed by atoms with van der Waals surface area (Å²) in [5.74, 6) is 0.